The normalized spacial score (nSPS) is 11.8. The predicted molar refractivity (Wildman–Crippen MR) is 147 cm³/mol. The first-order valence-electron chi connectivity index (χ1n) is 11.0. The van der Waals surface area contributed by atoms with Gasteiger partial charge in [0.1, 0.15) is 11.7 Å². The highest BCUT2D eigenvalue weighted by molar-refractivity contribution is 6.39. The number of rotatable bonds is 5. The molecule has 0 saturated heterocycles. The first-order chi connectivity index (χ1) is 17.2. The number of benzene rings is 3. The van der Waals surface area contributed by atoms with Crippen molar-refractivity contribution in [3.8, 4) is 0 Å². The van der Waals surface area contributed by atoms with Gasteiger partial charge in [0.15, 0.2) is 0 Å². The van der Waals surface area contributed by atoms with Gasteiger partial charge in [-0.1, -0.05) is 47.5 Å². The Morgan fingerprint density at radius 2 is 1.78 bits per heavy atom. The van der Waals surface area contributed by atoms with Gasteiger partial charge in [0.05, 0.1) is 37.7 Å². The van der Waals surface area contributed by atoms with Crippen molar-refractivity contribution in [1.82, 2.24) is 19.5 Å². The fraction of sp³-hybridized carbons (Fsp3) is 0.0769. The fourth-order valence-corrected chi connectivity index (χ4v) is 4.56. The number of nitrogen functional groups attached to an aromatic ring is 1. The predicted octanol–water partition coefficient (Wildman–Crippen LogP) is 5.70. The van der Waals surface area contributed by atoms with Crippen LogP contribution in [0.1, 0.15) is 23.9 Å². The van der Waals surface area contributed by atoms with E-state index in [0.29, 0.717) is 55.0 Å². The lowest BCUT2D eigenvalue weighted by molar-refractivity contribution is 0.960. The molecule has 0 saturated carbocycles. The van der Waals surface area contributed by atoms with E-state index >= 15 is 0 Å². The lowest BCUT2D eigenvalue weighted by Crippen LogP contribution is -2.12. The van der Waals surface area contributed by atoms with Crippen molar-refractivity contribution in [3.63, 3.8) is 0 Å². The second-order valence-electron chi connectivity index (χ2n) is 8.32. The molecular formula is C26H21Cl2N7O. The Morgan fingerprint density at radius 1 is 1.08 bits per heavy atom. The highest BCUT2D eigenvalue weighted by Crippen LogP contribution is 2.34. The summed E-state index contributed by atoms with van der Waals surface area (Å²) < 4.78 is 1.78. The molecular weight excluding hydrogens is 497 g/mol. The topological polar surface area (TPSA) is 125 Å². The molecule has 0 unspecified atom stereocenters. The van der Waals surface area contributed by atoms with Gasteiger partial charge in [-0.05, 0) is 54.5 Å². The molecule has 5 N–H and O–H groups in total. The third-order valence-electron chi connectivity index (χ3n) is 5.86. The summed E-state index contributed by atoms with van der Waals surface area (Å²) in [6.07, 6.45) is 1.88. The van der Waals surface area contributed by atoms with E-state index in [2.05, 4.69) is 15.3 Å². The number of anilines is 2. The van der Waals surface area contributed by atoms with Crippen molar-refractivity contribution in [3.05, 3.63) is 91.9 Å². The van der Waals surface area contributed by atoms with Crippen LogP contribution in [0, 0.1) is 5.41 Å². The Balaban J connectivity index is 1.59. The molecule has 0 aliphatic heterocycles. The number of halogens is 2. The fourth-order valence-electron chi connectivity index (χ4n) is 4.07. The van der Waals surface area contributed by atoms with Crippen molar-refractivity contribution >= 4 is 74.3 Å². The van der Waals surface area contributed by atoms with Gasteiger partial charge in [-0.25, -0.2) is 9.97 Å². The van der Waals surface area contributed by atoms with Crippen LogP contribution in [-0.4, -0.2) is 25.4 Å². The van der Waals surface area contributed by atoms with Crippen molar-refractivity contribution < 1.29 is 0 Å². The number of para-hydroxylation sites is 1. The Hall–Kier alpha value is -4.14. The first kappa shape index (κ1) is 23.6. The average molecular weight is 518 g/mol. The maximum atomic E-state index is 13.3. The molecule has 8 nitrogen and oxygen atoms in total. The molecule has 0 atom stereocenters. The number of nitrogens with zero attached hydrogens (tertiary/aromatic N) is 3. The summed E-state index contributed by atoms with van der Waals surface area (Å²) in [4.78, 5) is 25.5. The standard InChI is InChI=1S/C26H21Cl2N7O/c1-13(11-14-5-3-6-15(12-14)23(29)30)24-31-18-9-10-19-22(20(18)25(36)34-24)35(2)26(32-19)33-21-16(27)7-4-8-17(21)28/h3-12H,1-2H3,(H3,29,30)(H,32,33)(H,31,34,36)/b13-11+. The van der Waals surface area contributed by atoms with Gasteiger partial charge in [-0.15, -0.1) is 0 Å². The SMILES string of the molecule is C/C(=C\c1cccc(C(=N)N)c1)c1nc2ccc3nc(Nc4c(Cl)cccc4Cl)n(C)c3c2c(=O)[nH]1. The molecule has 0 fully saturated rings. The molecule has 0 aliphatic carbocycles. The van der Waals surface area contributed by atoms with Crippen LogP contribution in [0.2, 0.25) is 10.0 Å². The summed E-state index contributed by atoms with van der Waals surface area (Å²) in [5.74, 6) is 0.923. The zero-order valence-corrected chi connectivity index (χ0v) is 20.9. The molecule has 0 aliphatic rings. The molecule has 3 aromatic carbocycles. The minimum absolute atomic E-state index is 0.00833. The summed E-state index contributed by atoms with van der Waals surface area (Å²) >= 11 is 12.6. The molecule has 0 bridgehead atoms. The van der Waals surface area contributed by atoms with E-state index in [9.17, 15) is 4.79 Å². The van der Waals surface area contributed by atoms with Gasteiger partial charge in [0, 0.05) is 12.6 Å². The molecule has 5 rings (SSSR count). The number of allylic oxidation sites excluding steroid dienone is 1. The van der Waals surface area contributed by atoms with E-state index in [1.54, 1.807) is 34.9 Å². The summed E-state index contributed by atoms with van der Waals surface area (Å²) in [7, 11) is 1.81. The number of aromatic nitrogens is 4. The number of imidazole rings is 1. The van der Waals surface area contributed by atoms with Crippen LogP contribution in [0.25, 0.3) is 33.6 Å². The molecule has 10 heteroatoms. The van der Waals surface area contributed by atoms with Crippen LogP contribution in [0.4, 0.5) is 11.6 Å². The van der Waals surface area contributed by atoms with E-state index in [1.165, 1.54) is 0 Å². The third-order valence-corrected chi connectivity index (χ3v) is 6.49. The van der Waals surface area contributed by atoms with Crippen molar-refractivity contribution in [1.29, 1.82) is 5.41 Å². The van der Waals surface area contributed by atoms with Crippen LogP contribution in [0.5, 0.6) is 0 Å². The Bertz CT molecular complexity index is 1750. The highest BCUT2D eigenvalue weighted by atomic mass is 35.5. The first-order valence-corrected chi connectivity index (χ1v) is 11.7. The lowest BCUT2D eigenvalue weighted by atomic mass is 10.1. The van der Waals surface area contributed by atoms with Gasteiger partial charge < -0.3 is 20.6 Å². The average Bonchev–Trinajstić information content (AvgIpc) is 3.16. The summed E-state index contributed by atoms with van der Waals surface area (Å²) in [5, 5.41) is 12.2. The molecule has 0 radical (unpaired) electrons. The number of nitrogens with one attached hydrogen (secondary N) is 3. The van der Waals surface area contributed by atoms with E-state index in [4.69, 9.17) is 39.3 Å². The molecule has 2 heterocycles. The van der Waals surface area contributed by atoms with Gasteiger partial charge in [0.25, 0.3) is 5.56 Å². The molecule has 0 amide bonds. The van der Waals surface area contributed by atoms with Crippen LogP contribution >= 0.6 is 23.2 Å². The van der Waals surface area contributed by atoms with Gasteiger partial charge in [-0.2, -0.15) is 0 Å². The van der Waals surface area contributed by atoms with Crippen LogP contribution in [0.15, 0.2) is 59.4 Å². The maximum Gasteiger partial charge on any atom is 0.261 e. The Kier molecular flexibility index (Phi) is 5.99. The second-order valence-corrected chi connectivity index (χ2v) is 9.14. The molecule has 36 heavy (non-hydrogen) atoms. The maximum absolute atomic E-state index is 13.3. The smallest absolute Gasteiger partial charge is 0.261 e. The van der Waals surface area contributed by atoms with Crippen LogP contribution < -0.4 is 16.6 Å². The van der Waals surface area contributed by atoms with Gasteiger partial charge in [0.2, 0.25) is 5.95 Å². The minimum atomic E-state index is -0.281. The Labute approximate surface area is 215 Å². The third kappa shape index (κ3) is 4.21. The van der Waals surface area contributed by atoms with Gasteiger partial charge in [-0.3, -0.25) is 10.2 Å². The second kappa shape index (κ2) is 9.14. The highest BCUT2D eigenvalue weighted by Gasteiger charge is 2.17. The van der Waals surface area contributed by atoms with Gasteiger partial charge >= 0.3 is 0 Å². The number of amidine groups is 1. The molecule has 5 aromatic rings. The number of aromatic amines is 1. The van der Waals surface area contributed by atoms with Crippen molar-refractivity contribution in [2.75, 3.05) is 5.32 Å². The zero-order valence-electron chi connectivity index (χ0n) is 19.4. The minimum Gasteiger partial charge on any atom is -0.384 e. The van der Waals surface area contributed by atoms with E-state index in [0.717, 1.165) is 11.1 Å². The number of nitrogens with two attached hydrogens (primary N) is 1. The van der Waals surface area contributed by atoms with Crippen LogP contribution in [0.3, 0.4) is 0 Å². The Morgan fingerprint density at radius 3 is 2.50 bits per heavy atom. The number of hydrogen-bond donors (Lipinski definition) is 4. The summed E-state index contributed by atoms with van der Waals surface area (Å²) in [5.41, 5.74) is 9.89. The van der Waals surface area contributed by atoms with E-state index < -0.39 is 0 Å². The quantitative estimate of drug-likeness (QED) is 0.175. The molecule has 0 spiro atoms. The number of H-pyrrole nitrogens is 1. The van der Waals surface area contributed by atoms with Crippen molar-refractivity contribution in [2.45, 2.75) is 6.92 Å². The van der Waals surface area contributed by atoms with Crippen LogP contribution in [-0.2, 0) is 7.05 Å². The van der Waals surface area contributed by atoms with E-state index in [-0.39, 0.29) is 11.4 Å². The number of fused-ring (bicyclic) bond motifs is 3. The molecule has 2 aromatic heterocycles. The zero-order chi connectivity index (χ0) is 25.6. The summed E-state index contributed by atoms with van der Waals surface area (Å²) in [6.45, 7) is 1.86. The molecule has 180 valence electrons. The summed E-state index contributed by atoms with van der Waals surface area (Å²) in [6, 6.07) is 16.1. The largest absolute Gasteiger partial charge is 0.384 e. The number of aryl methyl sites for hydroxylation is 1. The van der Waals surface area contributed by atoms with E-state index in [1.807, 2.05) is 44.3 Å². The van der Waals surface area contributed by atoms with Crippen molar-refractivity contribution in [2.24, 2.45) is 12.8 Å². The lowest BCUT2D eigenvalue weighted by Gasteiger charge is -2.10. The number of hydrogen-bond acceptors (Lipinski definition) is 5. The monoisotopic (exact) mass is 517 g/mol.